The summed E-state index contributed by atoms with van der Waals surface area (Å²) in [5, 5.41) is 2.70. The van der Waals surface area contributed by atoms with Crippen LogP contribution in [0.15, 0.2) is 0 Å². The van der Waals surface area contributed by atoms with Crippen molar-refractivity contribution >= 4 is 6.09 Å². The average molecular weight is 188 g/mol. The van der Waals surface area contributed by atoms with Gasteiger partial charge in [-0.3, -0.25) is 0 Å². The van der Waals surface area contributed by atoms with E-state index in [1.54, 1.807) is 0 Å². The maximum atomic E-state index is 11.1. The molecular formula is C9H20N2O2. The maximum Gasteiger partial charge on any atom is 0.407 e. The van der Waals surface area contributed by atoms with Gasteiger partial charge >= 0.3 is 6.09 Å². The fourth-order valence-electron chi connectivity index (χ4n) is 0.754. The molecule has 78 valence electrons. The molecule has 0 rings (SSSR count). The van der Waals surface area contributed by atoms with E-state index >= 15 is 0 Å². The number of nitrogens with one attached hydrogen (secondary N) is 1. The predicted octanol–water partition coefficient (Wildman–Crippen LogP) is 1.25. The van der Waals surface area contributed by atoms with Crippen molar-refractivity contribution in [1.29, 1.82) is 0 Å². The number of carbonyl (C=O) groups excluding carboxylic acids is 1. The zero-order valence-corrected chi connectivity index (χ0v) is 8.72. The van der Waals surface area contributed by atoms with Crippen LogP contribution in [0.1, 0.15) is 33.6 Å². The van der Waals surface area contributed by atoms with Crippen LogP contribution in [0.2, 0.25) is 0 Å². The van der Waals surface area contributed by atoms with Crippen LogP contribution in [0.3, 0.4) is 0 Å². The highest BCUT2D eigenvalue weighted by molar-refractivity contribution is 5.67. The van der Waals surface area contributed by atoms with Gasteiger partial charge in [-0.25, -0.2) is 4.79 Å². The van der Waals surface area contributed by atoms with Crippen LogP contribution in [-0.2, 0) is 4.74 Å². The van der Waals surface area contributed by atoms with Crippen LogP contribution < -0.4 is 11.1 Å². The van der Waals surface area contributed by atoms with Gasteiger partial charge in [0, 0.05) is 5.54 Å². The van der Waals surface area contributed by atoms with Gasteiger partial charge in [-0.2, -0.15) is 0 Å². The van der Waals surface area contributed by atoms with E-state index in [-0.39, 0.29) is 11.6 Å². The minimum absolute atomic E-state index is 0.231. The Hall–Kier alpha value is -0.770. The lowest BCUT2D eigenvalue weighted by atomic mass is 10.1. The number of alkyl carbamates (subject to hydrolysis) is 1. The summed E-state index contributed by atoms with van der Waals surface area (Å²) in [5.74, 6) is 0. The van der Waals surface area contributed by atoms with Crippen LogP contribution in [-0.4, -0.2) is 24.8 Å². The molecule has 0 aliphatic carbocycles. The van der Waals surface area contributed by atoms with Crippen molar-refractivity contribution in [1.82, 2.24) is 5.32 Å². The lowest BCUT2D eigenvalue weighted by Gasteiger charge is -2.19. The summed E-state index contributed by atoms with van der Waals surface area (Å²) in [6.07, 6.45) is 1.36. The Morgan fingerprint density at radius 2 is 2.00 bits per heavy atom. The topological polar surface area (TPSA) is 64.3 Å². The second-order valence-corrected chi connectivity index (χ2v) is 4.01. The Balaban J connectivity index is 3.41. The highest BCUT2D eigenvalue weighted by Gasteiger charge is 2.13. The summed E-state index contributed by atoms with van der Waals surface area (Å²) in [4.78, 5) is 11.1. The smallest absolute Gasteiger partial charge is 0.407 e. The molecule has 4 nitrogen and oxygen atoms in total. The Morgan fingerprint density at radius 3 is 2.46 bits per heavy atom. The fraction of sp³-hybridized carbons (Fsp3) is 0.889. The number of ether oxygens (including phenoxy) is 1. The van der Waals surface area contributed by atoms with Crippen molar-refractivity contribution in [2.24, 2.45) is 5.73 Å². The van der Waals surface area contributed by atoms with Gasteiger partial charge in [0.2, 0.25) is 0 Å². The minimum Gasteiger partial charge on any atom is -0.450 e. The monoisotopic (exact) mass is 188 g/mol. The number of unbranched alkanes of at least 4 members (excludes halogenated alkanes) is 1. The standard InChI is InChI=1S/C9H20N2O2/c1-9(2,3)11-8(12)13-7-5-4-6-10/h4-7,10H2,1-3H3,(H,11,12). The van der Waals surface area contributed by atoms with Gasteiger partial charge in [-0.1, -0.05) is 0 Å². The first-order valence-corrected chi connectivity index (χ1v) is 4.61. The van der Waals surface area contributed by atoms with E-state index < -0.39 is 0 Å². The van der Waals surface area contributed by atoms with E-state index in [1.165, 1.54) is 0 Å². The van der Waals surface area contributed by atoms with E-state index in [0.717, 1.165) is 12.8 Å². The summed E-state index contributed by atoms with van der Waals surface area (Å²) >= 11 is 0. The average Bonchev–Trinajstić information content (AvgIpc) is 1.94. The first-order valence-electron chi connectivity index (χ1n) is 4.61. The predicted molar refractivity (Wildman–Crippen MR) is 52.5 cm³/mol. The quantitative estimate of drug-likeness (QED) is 0.653. The molecule has 0 bridgehead atoms. The Bertz CT molecular complexity index is 152. The zero-order valence-electron chi connectivity index (χ0n) is 8.72. The molecular weight excluding hydrogens is 168 g/mol. The summed E-state index contributed by atoms with van der Waals surface area (Å²) in [5.41, 5.74) is 5.06. The molecule has 13 heavy (non-hydrogen) atoms. The second kappa shape index (κ2) is 5.80. The SMILES string of the molecule is CC(C)(C)NC(=O)OCCCCN. The molecule has 0 atom stereocenters. The van der Waals surface area contributed by atoms with Crippen LogP contribution in [0.4, 0.5) is 4.79 Å². The lowest BCUT2D eigenvalue weighted by molar-refractivity contribution is 0.136. The minimum atomic E-state index is -0.357. The number of carbonyl (C=O) groups is 1. The van der Waals surface area contributed by atoms with Crippen molar-refractivity contribution < 1.29 is 9.53 Å². The van der Waals surface area contributed by atoms with Gasteiger partial charge in [0.25, 0.3) is 0 Å². The number of rotatable bonds is 4. The van der Waals surface area contributed by atoms with Gasteiger partial charge in [-0.15, -0.1) is 0 Å². The van der Waals surface area contributed by atoms with Gasteiger partial charge in [0.05, 0.1) is 6.61 Å². The summed E-state index contributed by atoms with van der Waals surface area (Å²) in [7, 11) is 0. The summed E-state index contributed by atoms with van der Waals surface area (Å²) in [6, 6.07) is 0. The molecule has 0 aliphatic rings. The van der Waals surface area contributed by atoms with Gasteiger partial charge in [0.15, 0.2) is 0 Å². The Labute approximate surface area is 79.8 Å². The van der Waals surface area contributed by atoms with Crippen molar-refractivity contribution in [3.8, 4) is 0 Å². The molecule has 0 radical (unpaired) electrons. The second-order valence-electron chi connectivity index (χ2n) is 4.01. The van der Waals surface area contributed by atoms with Crippen molar-refractivity contribution in [3.63, 3.8) is 0 Å². The molecule has 0 aliphatic heterocycles. The highest BCUT2D eigenvalue weighted by Crippen LogP contribution is 1.99. The molecule has 0 aromatic carbocycles. The maximum absolute atomic E-state index is 11.1. The van der Waals surface area contributed by atoms with Crippen LogP contribution in [0.25, 0.3) is 0 Å². The third-order valence-electron chi connectivity index (χ3n) is 1.31. The van der Waals surface area contributed by atoms with Gasteiger partial charge in [-0.05, 0) is 40.2 Å². The number of hydrogen-bond donors (Lipinski definition) is 2. The third-order valence-corrected chi connectivity index (χ3v) is 1.31. The number of nitrogens with two attached hydrogens (primary N) is 1. The molecule has 0 spiro atoms. The summed E-state index contributed by atoms with van der Waals surface area (Å²) < 4.78 is 4.91. The van der Waals surface area contributed by atoms with Crippen molar-refractivity contribution in [3.05, 3.63) is 0 Å². The first-order chi connectivity index (χ1) is 5.95. The Morgan fingerprint density at radius 1 is 1.38 bits per heavy atom. The van der Waals surface area contributed by atoms with E-state index in [2.05, 4.69) is 5.32 Å². The van der Waals surface area contributed by atoms with Crippen molar-refractivity contribution in [2.45, 2.75) is 39.2 Å². The number of amides is 1. The van der Waals surface area contributed by atoms with Crippen LogP contribution >= 0.6 is 0 Å². The fourth-order valence-corrected chi connectivity index (χ4v) is 0.754. The molecule has 0 saturated carbocycles. The molecule has 4 heteroatoms. The normalized spacial score (nSPS) is 11.1. The molecule has 0 heterocycles. The Kier molecular flexibility index (Phi) is 5.46. The largest absolute Gasteiger partial charge is 0.450 e. The lowest BCUT2D eigenvalue weighted by Crippen LogP contribution is -2.41. The molecule has 0 aromatic rings. The van der Waals surface area contributed by atoms with Gasteiger partial charge in [0.1, 0.15) is 0 Å². The van der Waals surface area contributed by atoms with Gasteiger partial charge < -0.3 is 15.8 Å². The molecule has 0 fully saturated rings. The highest BCUT2D eigenvalue weighted by atomic mass is 16.5. The van der Waals surface area contributed by atoms with Crippen LogP contribution in [0.5, 0.6) is 0 Å². The molecule has 0 aromatic heterocycles. The molecule has 3 N–H and O–H groups in total. The van der Waals surface area contributed by atoms with Crippen LogP contribution in [0, 0.1) is 0 Å². The van der Waals surface area contributed by atoms with E-state index in [0.29, 0.717) is 13.2 Å². The molecule has 0 saturated heterocycles. The summed E-state index contributed by atoms with van der Waals surface area (Å²) in [6.45, 7) is 6.82. The third kappa shape index (κ3) is 9.14. The zero-order chi connectivity index (χ0) is 10.3. The van der Waals surface area contributed by atoms with E-state index in [1.807, 2.05) is 20.8 Å². The molecule has 0 unspecified atom stereocenters. The van der Waals surface area contributed by atoms with E-state index in [4.69, 9.17) is 10.5 Å². The van der Waals surface area contributed by atoms with Crippen molar-refractivity contribution in [2.75, 3.05) is 13.2 Å². The molecule has 1 amide bonds. The number of hydrogen-bond acceptors (Lipinski definition) is 3. The van der Waals surface area contributed by atoms with E-state index in [9.17, 15) is 4.79 Å². The first kappa shape index (κ1) is 12.2.